The van der Waals surface area contributed by atoms with Gasteiger partial charge in [0, 0.05) is 25.6 Å². The lowest BCUT2D eigenvalue weighted by Crippen LogP contribution is -2.42. The van der Waals surface area contributed by atoms with Crippen LogP contribution < -0.4 is 5.32 Å². The first kappa shape index (κ1) is 16.3. The average Bonchev–Trinajstić information content (AvgIpc) is 2.62. The van der Waals surface area contributed by atoms with Crippen LogP contribution in [-0.2, 0) is 11.3 Å². The second kappa shape index (κ2) is 8.30. The van der Waals surface area contributed by atoms with Crippen LogP contribution in [0.15, 0.2) is 42.5 Å². The molecule has 1 fully saturated rings. The topological polar surface area (TPSA) is 32.3 Å². The smallest absolute Gasteiger partial charge is 0.223 e. The van der Waals surface area contributed by atoms with E-state index in [0.29, 0.717) is 5.92 Å². The molecule has 1 heterocycles. The molecule has 1 amide bonds. The zero-order valence-corrected chi connectivity index (χ0v) is 13.9. The molecule has 1 saturated heterocycles. The first-order chi connectivity index (χ1) is 11.3. The number of nitrogens with zero attached hydrogens (tertiary/aromatic N) is 1. The summed E-state index contributed by atoms with van der Waals surface area (Å²) in [5.74, 6) is 1.05. The summed E-state index contributed by atoms with van der Waals surface area (Å²) < 4.78 is 0. The number of carbonyl (C=O) groups is 1. The van der Waals surface area contributed by atoms with Gasteiger partial charge in [0.2, 0.25) is 5.91 Å². The fourth-order valence-electron chi connectivity index (χ4n) is 3.72. The van der Waals surface area contributed by atoms with Crippen LogP contribution in [0, 0.1) is 11.8 Å². The number of hydrogen-bond donors (Lipinski definition) is 1. The molecule has 3 heteroatoms. The molecule has 0 unspecified atom stereocenters. The predicted molar refractivity (Wildman–Crippen MR) is 93.9 cm³/mol. The Kier molecular flexibility index (Phi) is 5.87. The summed E-state index contributed by atoms with van der Waals surface area (Å²) in [6.07, 6.45) is 9.77. The standard InChI is InChI=1S/C20H28N2O/c23-20(19-11-5-2-6-12-19)21-14-18-10-7-13-22(16-18)15-17-8-3-1-4-9-17/h1-5,8-9,18-19H,6-7,10-16H2,(H,21,23)/t18-,19+/m0/s1. The van der Waals surface area contributed by atoms with Crippen molar-refractivity contribution in [2.75, 3.05) is 19.6 Å². The van der Waals surface area contributed by atoms with Crippen molar-refractivity contribution in [3.05, 3.63) is 48.0 Å². The highest BCUT2D eigenvalue weighted by Gasteiger charge is 2.23. The van der Waals surface area contributed by atoms with Crippen molar-refractivity contribution < 1.29 is 4.79 Å². The van der Waals surface area contributed by atoms with Gasteiger partial charge in [-0.15, -0.1) is 0 Å². The van der Waals surface area contributed by atoms with Gasteiger partial charge in [-0.1, -0.05) is 42.5 Å². The van der Waals surface area contributed by atoms with Crippen LogP contribution >= 0.6 is 0 Å². The Morgan fingerprint density at radius 3 is 2.83 bits per heavy atom. The van der Waals surface area contributed by atoms with Crippen molar-refractivity contribution >= 4 is 5.91 Å². The molecule has 3 rings (SSSR count). The SMILES string of the molecule is O=C(NC[C@@H]1CCCN(Cc2ccccc2)C1)[C@@H]1CC=CCC1. The van der Waals surface area contributed by atoms with Crippen LogP contribution in [0.5, 0.6) is 0 Å². The maximum absolute atomic E-state index is 12.3. The highest BCUT2D eigenvalue weighted by molar-refractivity contribution is 5.78. The van der Waals surface area contributed by atoms with Crippen LogP contribution in [0.1, 0.15) is 37.7 Å². The first-order valence-corrected chi connectivity index (χ1v) is 9.00. The highest BCUT2D eigenvalue weighted by Crippen LogP contribution is 2.20. The third-order valence-electron chi connectivity index (χ3n) is 5.06. The van der Waals surface area contributed by atoms with E-state index in [4.69, 9.17) is 0 Å². The number of likely N-dealkylation sites (tertiary alicyclic amines) is 1. The number of piperidine rings is 1. The fourth-order valence-corrected chi connectivity index (χ4v) is 3.72. The predicted octanol–water partition coefficient (Wildman–Crippen LogP) is 3.37. The monoisotopic (exact) mass is 312 g/mol. The summed E-state index contributed by atoms with van der Waals surface area (Å²) >= 11 is 0. The lowest BCUT2D eigenvalue weighted by Gasteiger charge is -2.33. The lowest BCUT2D eigenvalue weighted by atomic mass is 9.93. The van der Waals surface area contributed by atoms with E-state index in [-0.39, 0.29) is 11.8 Å². The zero-order chi connectivity index (χ0) is 15.9. The van der Waals surface area contributed by atoms with Gasteiger partial charge in [0.1, 0.15) is 0 Å². The van der Waals surface area contributed by atoms with Crippen LogP contribution in [-0.4, -0.2) is 30.4 Å². The molecule has 2 atom stereocenters. The van der Waals surface area contributed by atoms with Crippen molar-refractivity contribution in [1.82, 2.24) is 10.2 Å². The molecular formula is C20H28N2O. The molecule has 0 saturated carbocycles. The van der Waals surface area contributed by atoms with Crippen molar-refractivity contribution in [2.45, 2.75) is 38.6 Å². The Labute approximate surface area is 139 Å². The maximum atomic E-state index is 12.3. The van der Waals surface area contributed by atoms with Gasteiger partial charge in [-0.25, -0.2) is 0 Å². The molecule has 124 valence electrons. The Morgan fingerprint density at radius 2 is 2.04 bits per heavy atom. The minimum absolute atomic E-state index is 0.198. The summed E-state index contributed by atoms with van der Waals surface area (Å²) in [6.45, 7) is 4.13. The zero-order valence-electron chi connectivity index (χ0n) is 13.9. The summed E-state index contributed by atoms with van der Waals surface area (Å²) in [5.41, 5.74) is 1.38. The molecular weight excluding hydrogens is 284 g/mol. The van der Waals surface area contributed by atoms with Gasteiger partial charge in [0.15, 0.2) is 0 Å². The van der Waals surface area contributed by atoms with Crippen molar-refractivity contribution in [2.24, 2.45) is 11.8 Å². The molecule has 0 spiro atoms. The number of carbonyl (C=O) groups excluding carboxylic acids is 1. The number of rotatable bonds is 5. The van der Waals surface area contributed by atoms with Crippen LogP contribution in [0.2, 0.25) is 0 Å². The van der Waals surface area contributed by atoms with Crippen molar-refractivity contribution in [3.63, 3.8) is 0 Å². The third-order valence-corrected chi connectivity index (χ3v) is 5.06. The molecule has 0 aromatic heterocycles. The number of allylic oxidation sites excluding steroid dienone is 2. The molecule has 0 bridgehead atoms. The highest BCUT2D eigenvalue weighted by atomic mass is 16.1. The van der Waals surface area contributed by atoms with E-state index >= 15 is 0 Å². The molecule has 1 N–H and O–H groups in total. The van der Waals surface area contributed by atoms with Gasteiger partial charge in [-0.2, -0.15) is 0 Å². The Balaban J connectivity index is 1.43. The lowest BCUT2D eigenvalue weighted by molar-refractivity contribution is -0.125. The fraction of sp³-hybridized carbons (Fsp3) is 0.550. The van der Waals surface area contributed by atoms with Gasteiger partial charge in [-0.05, 0) is 50.1 Å². The summed E-state index contributed by atoms with van der Waals surface area (Å²) in [7, 11) is 0. The quantitative estimate of drug-likeness (QED) is 0.846. The average molecular weight is 312 g/mol. The van der Waals surface area contributed by atoms with Crippen LogP contribution in [0.4, 0.5) is 0 Å². The molecule has 1 aromatic carbocycles. The van der Waals surface area contributed by atoms with E-state index in [2.05, 4.69) is 52.7 Å². The van der Waals surface area contributed by atoms with Crippen molar-refractivity contribution in [1.29, 1.82) is 0 Å². The molecule has 3 nitrogen and oxygen atoms in total. The Hall–Kier alpha value is -1.61. The summed E-state index contributed by atoms with van der Waals surface area (Å²) in [4.78, 5) is 14.8. The summed E-state index contributed by atoms with van der Waals surface area (Å²) in [6, 6.07) is 10.7. The van der Waals surface area contributed by atoms with Crippen molar-refractivity contribution in [3.8, 4) is 0 Å². The normalized spacial score (nSPS) is 25.2. The van der Waals surface area contributed by atoms with Gasteiger partial charge >= 0.3 is 0 Å². The van der Waals surface area contributed by atoms with E-state index in [0.717, 1.165) is 38.9 Å². The van der Waals surface area contributed by atoms with Crippen LogP contribution in [0.3, 0.4) is 0 Å². The second-order valence-electron chi connectivity index (χ2n) is 6.96. The van der Waals surface area contributed by atoms with Gasteiger partial charge in [-0.3, -0.25) is 9.69 Å². The van der Waals surface area contributed by atoms with Gasteiger partial charge < -0.3 is 5.32 Å². The van der Waals surface area contributed by atoms with E-state index in [1.807, 2.05) is 0 Å². The second-order valence-corrected chi connectivity index (χ2v) is 6.96. The van der Waals surface area contributed by atoms with Gasteiger partial charge in [0.05, 0.1) is 0 Å². The van der Waals surface area contributed by atoms with E-state index in [1.165, 1.54) is 24.9 Å². The number of nitrogens with one attached hydrogen (secondary N) is 1. The largest absolute Gasteiger partial charge is 0.356 e. The third kappa shape index (κ3) is 4.93. The molecule has 23 heavy (non-hydrogen) atoms. The van der Waals surface area contributed by atoms with Crippen LogP contribution in [0.25, 0.3) is 0 Å². The molecule has 2 aliphatic rings. The summed E-state index contributed by atoms with van der Waals surface area (Å²) in [5, 5.41) is 3.21. The maximum Gasteiger partial charge on any atom is 0.223 e. The van der Waals surface area contributed by atoms with Gasteiger partial charge in [0.25, 0.3) is 0 Å². The van der Waals surface area contributed by atoms with E-state index < -0.39 is 0 Å². The Bertz CT molecular complexity index is 526. The molecule has 0 radical (unpaired) electrons. The molecule has 1 aromatic rings. The molecule has 1 aliphatic carbocycles. The van der Waals surface area contributed by atoms with E-state index in [9.17, 15) is 4.79 Å². The number of hydrogen-bond acceptors (Lipinski definition) is 2. The first-order valence-electron chi connectivity index (χ1n) is 9.00. The minimum atomic E-state index is 0.198. The Morgan fingerprint density at radius 1 is 1.17 bits per heavy atom. The minimum Gasteiger partial charge on any atom is -0.356 e. The number of amides is 1. The number of benzene rings is 1. The molecule has 1 aliphatic heterocycles. The van der Waals surface area contributed by atoms with E-state index in [1.54, 1.807) is 0 Å².